The van der Waals surface area contributed by atoms with Gasteiger partial charge in [0.1, 0.15) is 0 Å². The van der Waals surface area contributed by atoms with Crippen LogP contribution in [0.1, 0.15) is 39.7 Å². The minimum atomic E-state index is -1.02. The Balaban J connectivity index is 2.27. The second kappa shape index (κ2) is 4.71. The summed E-state index contributed by atoms with van der Waals surface area (Å²) in [4.78, 5) is 0. The van der Waals surface area contributed by atoms with Gasteiger partial charge in [0.05, 0.1) is 23.9 Å². The lowest BCUT2D eigenvalue weighted by atomic mass is 9.78. The molecule has 1 aromatic carbocycles. The summed E-state index contributed by atoms with van der Waals surface area (Å²) in [6, 6.07) is 4.78. The lowest BCUT2D eigenvalue weighted by Crippen LogP contribution is -2.48. The quantitative estimate of drug-likeness (QED) is 0.926. The van der Waals surface area contributed by atoms with Crippen LogP contribution >= 0.6 is 0 Å². The van der Waals surface area contributed by atoms with Gasteiger partial charge in [-0.05, 0) is 45.4 Å². The van der Waals surface area contributed by atoms with E-state index in [2.05, 4.69) is 0 Å². The van der Waals surface area contributed by atoms with Crippen LogP contribution < -0.4 is 4.74 Å². The first kappa shape index (κ1) is 15.3. The molecule has 0 amide bonds. The molecule has 4 heteroatoms. The lowest BCUT2D eigenvalue weighted by Gasteiger charge is -2.35. The molecule has 0 radical (unpaired) electrons. The molecule has 1 aliphatic rings. The Kier molecular flexibility index (Phi) is 3.59. The van der Waals surface area contributed by atoms with Crippen molar-refractivity contribution in [3.63, 3.8) is 0 Å². The zero-order valence-electron chi connectivity index (χ0n) is 12.8. The Labute approximate surface area is 119 Å². The Hall–Kier alpha value is -1.13. The van der Waals surface area contributed by atoms with Gasteiger partial charge in [-0.2, -0.15) is 0 Å². The molecule has 1 N–H and O–H groups in total. The van der Waals surface area contributed by atoms with E-state index in [1.807, 2.05) is 27.7 Å². The van der Waals surface area contributed by atoms with E-state index < -0.39 is 17.0 Å². The minimum Gasteiger partial charge on any atom is -0.494 e. The fraction of sp³-hybridized carbons (Fsp3) is 0.625. The topological polar surface area (TPSA) is 38.7 Å². The summed E-state index contributed by atoms with van der Waals surface area (Å²) in [5.74, 6) is -0.201. The molecule has 20 heavy (non-hydrogen) atoms. The number of aliphatic hydroxyl groups is 1. The molecule has 1 unspecified atom stereocenters. The predicted octanol–water partition coefficient (Wildman–Crippen LogP) is 3.09. The van der Waals surface area contributed by atoms with Gasteiger partial charge < -0.3 is 14.6 Å². The Morgan fingerprint density at radius 1 is 1.30 bits per heavy atom. The summed E-state index contributed by atoms with van der Waals surface area (Å²) in [7, 11) is 1.43. The highest BCUT2D eigenvalue weighted by Gasteiger charge is 2.56. The van der Waals surface area contributed by atoms with E-state index >= 15 is 0 Å². The number of ether oxygens (including phenoxy) is 2. The fourth-order valence-electron chi connectivity index (χ4n) is 3.17. The van der Waals surface area contributed by atoms with Gasteiger partial charge in [0.15, 0.2) is 11.6 Å². The molecular formula is C16H23FO3. The molecule has 1 aromatic rings. The van der Waals surface area contributed by atoms with Crippen LogP contribution in [-0.2, 0) is 11.2 Å². The van der Waals surface area contributed by atoms with Crippen molar-refractivity contribution in [1.29, 1.82) is 0 Å². The largest absolute Gasteiger partial charge is 0.494 e. The summed E-state index contributed by atoms with van der Waals surface area (Å²) in [6.45, 7) is 7.67. The van der Waals surface area contributed by atoms with Crippen LogP contribution in [0.25, 0.3) is 0 Å². The van der Waals surface area contributed by atoms with E-state index in [4.69, 9.17) is 9.47 Å². The maximum Gasteiger partial charge on any atom is 0.165 e. The molecule has 3 nitrogen and oxygen atoms in total. The van der Waals surface area contributed by atoms with Crippen LogP contribution in [0.5, 0.6) is 5.75 Å². The monoisotopic (exact) mass is 282 g/mol. The second-order valence-corrected chi connectivity index (χ2v) is 6.73. The lowest BCUT2D eigenvalue weighted by molar-refractivity contribution is -0.125. The molecule has 0 bridgehead atoms. The third kappa shape index (κ3) is 2.67. The average Bonchev–Trinajstić information content (AvgIpc) is 2.42. The summed E-state index contributed by atoms with van der Waals surface area (Å²) < 4.78 is 24.6. The molecule has 0 saturated carbocycles. The van der Waals surface area contributed by atoms with Crippen molar-refractivity contribution in [3.05, 3.63) is 29.6 Å². The number of hydrogen-bond donors (Lipinski definition) is 1. The molecule has 1 aliphatic heterocycles. The third-order valence-corrected chi connectivity index (χ3v) is 4.08. The standard InChI is InChI=1S/C16H23FO3/c1-14(2)10-16(18,15(3,4)20-14)9-11-6-7-13(19-5)12(17)8-11/h6-8,18H,9-10H2,1-5H3. The molecule has 1 atom stereocenters. The first-order chi connectivity index (χ1) is 9.09. The van der Waals surface area contributed by atoms with Crippen LogP contribution in [0.15, 0.2) is 18.2 Å². The summed E-state index contributed by atoms with van der Waals surface area (Å²) in [5, 5.41) is 10.9. The third-order valence-electron chi connectivity index (χ3n) is 4.08. The van der Waals surface area contributed by atoms with Gasteiger partial charge in [-0.25, -0.2) is 4.39 Å². The normalized spacial score (nSPS) is 27.6. The van der Waals surface area contributed by atoms with Gasteiger partial charge in [0.25, 0.3) is 0 Å². The van der Waals surface area contributed by atoms with Crippen molar-refractivity contribution in [3.8, 4) is 5.75 Å². The van der Waals surface area contributed by atoms with Gasteiger partial charge in [-0.3, -0.25) is 0 Å². The summed E-state index contributed by atoms with van der Waals surface area (Å²) in [5.41, 5.74) is -1.34. The van der Waals surface area contributed by atoms with E-state index in [9.17, 15) is 9.50 Å². The number of benzene rings is 1. The van der Waals surface area contributed by atoms with Crippen molar-refractivity contribution in [2.75, 3.05) is 7.11 Å². The van der Waals surface area contributed by atoms with Crippen LogP contribution in [0.3, 0.4) is 0 Å². The molecule has 1 saturated heterocycles. The minimum absolute atomic E-state index is 0.211. The molecule has 1 fully saturated rings. The predicted molar refractivity (Wildman–Crippen MR) is 75.5 cm³/mol. The van der Waals surface area contributed by atoms with Crippen LogP contribution in [0.4, 0.5) is 4.39 Å². The number of halogens is 1. The SMILES string of the molecule is COc1ccc(CC2(O)CC(C)(C)OC2(C)C)cc1F. The molecule has 112 valence electrons. The van der Waals surface area contributed by atoms with Gasteiger partial charge in [-0.15, -0.1) is 0 Å². The van der Waals surface area contributed by atoms with Gasteiger partial charge in [0, 0.05) is 12.8 Å². The molecule has 0 aliphatic carbocycles. The summed E-state index contributed by atoms with van der Waals surface area (Å²) >= 11 is 0. The highest BCUT2D eigenvalue weighted by atomic mass is 19.1. The van der Waals surface area contributed by atoms with E-state index in [0.717, 1.165) is 5.56 Å². The van der Waals surface area contributed by atoms with Crippen molar-refractivity contribution in [2.45, 2.75) is 57.3 Å². The van der Waals surface area contributed by atoms with E-state index in [0.29, 0.717) is 12.8 Å². The smallest absolute Gasteiger partial charge is 0.165 e. The second-order valence-electron chi connectivity index (χ2n) is 6.73. The summed E-state index contributed by atoms with van der Waals surface area (Å²) in [6.07, 6.45) is 0.866. The maximum absolute atomic E-state index is 13.8. The van der Waals surface area contributed by atoms with Crippen molar-refractivity contribution < 1.29 is 19.0 Å². The average molecular weight is 282 g/mol. The van der Waals surface area contributed by atoms with Crippen LogP contribution in [-0.4, -0.2) is 29.0 Å². The van der Waals surface area contributed by atoms with Crippen molar-refractivity contribution in [1.82, 2.24) is 0 Å². The molecule has 0 spiro atoms. The maximum atomic E-state index is 13.8. The number of hydrogen-bond acceptors (Lipinski definition) is 3. The number of rotatable bonds is 3. The van der Waals surface area contributed by atoms with E-state index in [1.165, 1.54) is 13.2 Å². The van der Waals surface area contributed by atoms with Crippen molar-refractivity contribution >= 4 is 0 Å². The zero-order valence-corrected chi connectivity index (χ0v) is 12.8. The first-order valence-electron chi connectivity index (χ1n) is 6.84. The fourth-order valence-corrected chi connectivity index (χ4v) is 3.17. The molecule has 0 aromatic heterocycles. The molecule has 1 heterocycles. The Morgan fingerprint density at radius 3 is 2.40 bits per heavy atom. The van der Waals surface area contributed by atoms with E-state index in [-0.39, 0.29) is 11.4 Å². The van der Waals surface area contributed by atoms with Crippen molar-refractivity contribution in [2.24, 2.45) is 0 Å². The van der Waals surface area contributed by atoms with Crippen LogP contribution in [0.2, 0.25) is 0 Å². The Bertz CT molecular complexity index is 510. The first-order valence-corrected chi connectivity index (χ1v) is 6.84. The molecular weight excluding hydrogens is 259 g/mol. The van der Waals surface area contributed by atoms with E-state index in [1.54, 1.807) is 12.1 Å². The van der Waals surface area contributed by atoms with Gasteiger partial charge in [0.2, 0.25) is 0 Å². The van der Waals surface area contributed by atoms with Gasteiger partial charge in [-0.1, -0.05) is 6.07 Å². The molecule has 2 rings (SSSR count). The number of methoxy groups -OCH3 is 1. The highest BCUT2D eigenvalue weighted by Crippen LogP contribution is 2.46. The van der Waals surface area contributed by atoms with Crippen LogP contribution in [0, 0.1) is 5.82 Å². The Morgan fingerprint density at radius 2 is 1.95 bits per heavy atom. The van der Waals surface area contributed by atoms with Gasteiger partial charge >= 0.3 is 0 Å². The zero-order chi connectivity index (χ0) is 15.2. The highest BCUT2D eigenvalue weighted by molar-refractivity contribution is 5.31.